The molecular weight excluding hydrogens is 254 g/mol. The van der Waals surface area contributed by atoms with E-state index < -0.39 is 0 Å². The third kappa shape index (κ3) is 3.91. The predicted molar refractivity (Wildman–Crippen MR) is 76.9 cm³/mol. The Labute approximate surface area is 117 Å². The van der Waals surface area contributed by atoms with Crippen molar-refractivity contribution in [2.45, 2.75) is 6.92 Å². The zero-order valence-electron chi connectivity index (χ0n) is 11.1. The molecule has 1 amide bonds. The molecule has 5 heteroatoms. The Hall–Kier alpha value is -2.69. The number of rotatable bonds is 5. The molecule has 102 valence electrons. The van der Waals surface area contributed by atoms with Crippen molar-refractivity contribution in [2.75, 3.05) is 6.61 Å². The minimum atomic E-state index is -0.270. The van der Waals surface area contributed by atoms with E-state index in [4.69, 9.17) is 4.74 Å². The number of carbonyl (C=O) groups excluding carboxylic acids is 1. The molecule has 0 aliphatic heterocycles. The van der Waals surface area contributed by atoms with Gasteiger partial charge >= 0.3 is 0 Å². The van der Waals surface area contributed by atoms with Gasteiger partial charge in [0.2, 0.25) is 0 Å². The van der Waals surface area contributed by atoms with Crippen molar-refractivity contribution < 1.29 is 9.53 Å². The van der Waals surface area contributed by atoms with Crippen molar-refractivity contribution in [3.05, 3.63) is 59.9 Å². The van der Waals surface area contributed by atoms with Crippen molar-refractivity contribution in [1.29, 1.82) is 0 Å². The number of benzene rings is 1. The molecule has 0 unspecified atom stereocenters. The summed E-state index contributed by atoms with van der Waals surface area (Å²) in [7, 11) is 0. The molecule has 2 aromatic rings. The average molecular weight is 269 g/mol. The Kier molecular flexibility index (Phi) is 4.83. The lowest BCUT2D eigenvalue weighted by atomic mass is 10.2. The number of ether oxygens (including phenoxy) is 1. The highest BCUT2D eigenvalue weighted by atomic mass is 16.5. The highest BCUT2D eigenvalue weighted by Gasteiger charge is 2.03. The van der Waals surface area contributed by atoms with Crippen molar-refractivity contribution >= 4 is 12.1 Å². The van der Waals surface area contributed by atoms with Crippen molar-refractivity contribution in [2.24, 2.45) is 5.10 Å². The van der Waals surface area contributed by atoms with Gasteiger partial charge in [-0.2, -0.15) is 5.10 Å². The fourth-order valence-corrected chi connectivity index (χ4v) is 1.55. The number of hydrogen-bond acceptors (Lipinski definition) is 4. The molecule has 0 bridgehead atoms. The monoisotopic (exact) mass is 269 g/mol. The lowest BCUT2D eigenvalue weighted by molar-refractivity contribution is 0.0955. The second kappa shape index (κ2) is 7.04. The highest BCUT2D eigenvalue weighted by Crippen LogP contribution is 2.11. The van der Waals surface area contributed by atoms with Crippen LogP contribution in [0.15, 0.2) is 53.9 Å². The number of aromatic nitrogens is 1. The molecule has 0 fully saturated rings. The summed E-state index contributed by atoms with van der Waals surface area (Å²) in [6, 6.07) is 10.5. The summed E-state index contributed by atoms with van der Waals surface area (Å²) < 4.78 is 5.31. The first-order valence-electron chi connectivity index (χ1n) is 6.26. The number of nitrogens with zero attached hydrogens (tertiary/aromatic N) is 2. The molecule has 1 aromatic carbocycles. The van der Waals surface area contributed by atoms with Gasteiger partial charge < -0.3 is 4.74 Å². The molecule has 0 saturated carbocycles. The van der Waals surface area contributed by atoms with Gasteiger partial charge in [-0.1, -0.05) is 6.07 Å². The summed E-state index contributed by atoms with van der Waals surface area (Å²) in [5, 5.41) is 3.88. The van der Waals surface area contributed by atoms with Crippen molar-refractivity contribution in [3.8, 4) is 5.75 Å². The number of amides is 1. The third-order valence-corrected chi connectivity index (χ3v) is 2.49. The molecule has 1 N–H and O–H groups in total. The van der Waals surface area contributed by atoms with Gasteiger partial charge in [0, 0.05) is 23.5 Å². The van der Waals surface area contributed by atoms with Crippen LogP contribution in [0.2, 0.25) is 0 Å². The lowest BCUT2D eigenvalue weighted by Gasteiger charge is -2.03. The molecule has 0 saturated heterocycles. The first-order valence-corrected chi connectivity index (χ1v) is 6.26. The van der Waals surface area contributed by atoms with E-state index in [1.807, 2.05) is 13.0 Å². The van der Waals surface area contributed by atoms with Crippen LogP contribution in [-0.2, 0) is 0 Å². The Morgan fingerprint density at radius 3 is 2.80 bits per heavy atom. The summed E-state index contributed by atoms with van der Waals surface area (Å²) >= 11 is 0. The van der Waals surface area contributed by atoms with Gasteiger partial charge in [0.05, 0.1) is 12.8 Å². The van der Waals surface area contributed by atoms with Gasteiger partial charge in [-0.15, -0.1) is 0 Å². The molecule has 20 heavy (non-hydrogen) atoms. The van der Waals surface area contributed by atoms with E-state index in [9.17, 15) is 4.79 Å². The van der Waals surface area contributed by atoms with Gasteiger partial charge in [0.1, 0.15) is 5.75 Å². The molecule has 0 aliphatic rings. The molecule has 0 spiro atoms. The molecule has 0 aliphatic carbocycles. The largest absolute Gasteiger partial charge is 0.494 e. The van der Waals surface area contributed by atoms with Crippen LogP contribution < -0.4 is 10.2 Å². The number of nitrogens with one attached hydrogen (secondary N) is 1. The van der Waals surface area contributed by atoms with E-state index in [2.05, 4.69) is 15.5 Å². The Balaban J connectivity index is 1.93. The third-order valence-electron chi connectivity index (χ3n) is 2.49. The maximum absolute atomic E-state index is 11.8. The van der Waals surface area contributed by atoms with Gasteiger partial charge in [0.25, 0.3) is 5.91 Å². The van der Waals surface area contributed by atoms with Crippen LogP contribution in [0.1, 0.15) is 22.8 Å². The molecule has 0 radical (unpaired) electrons. The van der Waals surface area contributed by atoms with Gasteiger partial charge in [-0.3, -0.25) is 9.78 Å². The maximum Gasteiger partial charge on any atom is 0.271 e. The van der Waals surface area contributed by atoms with Crippen LogP contribution in [-0.4, -0.2) is 23.7 Å². The predicted octanol–water partition coefficient (Wildman–Crippen LogP) is 2.24. The normalized spacial score (nSPS) is 10.4. The molecular formula is C15H15N3O2. The second-order valence-electron chi connectivity index (χ2n) is 3.94. The smallest absolute Gasteiger partial charge is 0.271 e. The van der Waals surface area contributed by atoms with Gasteiger partial charge in [-0.25, -0.2) is 5.43 Å². The zero-order chi connectivity index (χ0) is 14.2. The number of pyridine rings is 1. The number of hydrogen-bond donors (Lipinski definition) is 1. The number of hydrazone groups is 1. The van der Waals surface area contributed by atoms with E-state index in [-0.39, 0.29) is 5.91 Å². The molecule has 0 atom stereocenters. The van der Waals surface area contributed by atoms with Crippen LogP contribution in [0.3, 0.4) is 0 Å². The molecule has 2 rings (SSSR count). The highest BCUT2D eigenvalue weighted by molar-refractivity contribution is 5.94. The standard InChI is InChI=1S/C15H15N3O2/c1-2-20-14-7-5-13(6-8-14)15(19)18-17-11-12-4-3-9-16-10-12/h3-11H,2H2,1H3,(H,18,19). The van der Waals surface area contributed by atoms with E-state index in [1.165, 1.54) is 0 Å². The zero-order valence-corrected chi connectivity index (χ0v) is 11.1. The fraction of sp³-hybridized carbons (Fsp3) is 0.133. The average Bonchev–Trinajstić information content (AvgIpc) is 2.49. The van der Waals surface area contributed by atoms with Crippen LogP contribution in [0.4, 0.5) is 0 Å². The van der Waals surface area contributed by atoms with Gasteiger partial charge in [0.15, 0.2) is 0 Å². The van der Waals surface area contributed by atoms with Crippen LogP contribution in [0.25, 0.3) is 0 Å². The summed E-state index contributed by atoms with van der Waals surface area (Å²) in [6.07, 6.45) is 4.88. The molecule has 5 nitrogen and oxygen atoms in total. The summed E-state index contributed by atoms with van der Waals surface area (Å²) in [6.45, 7) is 2.51. The topological polar surface area (TPSA) is 63.6 Å². The van der Waals surface area contributed by atoms with Crippen molar-refractivity contribution in [3.63, 3.8) is 0 Å². The number of carbonyl (C=O) groups is 1. The van der Waals surface area contributed by atoms with Crippen LogP contribution in [0, 0.1) is 0 Å². The quantitative estimate of drug-likeness (QED) is 0.669. The van der Waals surface area contributed by atoms with Crippen molar-refractivity contribution in [1.82, 2.24) is 10.4 Å². The van der Waals surface area contributed by atoms with E-state index in [0.717, 1.165) is 11.3 Å². The Morgan fingerprint density at radius 2 is 2.15 bits per heavy atom. The maximum atomic E-state index is 11.8. The molecule has 1 heterocycles. The van der Waals surface area contributed by atoms with Crippen LogP contribution in [0.5, 0.6) is 5.75 Å². The Bertz CT molecular complexity index is 580. The molecule has 1 aromatic heterocycles. The van der Waals surface area contributed by atoms with Gasteiger partial charge in [-0.05, 0) is 37.3 Å². The van der Waals surface area contributed by atoms with E-state index >= 15 is 0 Å². The SMILES string of the molecule is CCOc1ccc(C(=O)NN=Cc2cccnc2)cc1. The first-order chi connectivity index (χ1) is 9.79. The summed E-state index contributed by atoms with van der Waals surface area (Å²) in [5.41, 5.74) is 3.80. The first kappa shape index (κ1) is 13.7. The van der Waals surface area contributed by atoms with Crippen LogP contribution >= 0.6 is 0 Å². The van der Waals surface area contributed by atoms with E-state index in [1.54, 1.807) is 48.9 Å². The minimum absolute atomic E-state index is 0.270. The summed E-state index contributed by atoms with van der Waals surface area (Å²) in [5.74, 6) is 0.469. The fourth-order valence-electron chi connectivity index (χ4n) is 1.55. The summed E-state index contributed by atoms with van der Waals surface area (Å²) in [4.78, 5) is 15.8. The second-order valence-corrected chi connectivity index (χ2v) is 3.94. The Morgan fingerprint density at radius 1 is 1.35 bits per heavy atom. The minimum Gasteiger partial charge on any atom is -0.494 e. The lowest BCUT2D eigenvalue weighted by Crippen LogP contribution is -2.17. The van der Waals surface area contributed by atoms with E-state index in [0.29, 0.717) is 12.2 Å².